The van der Waals surface area contributed by atoms with Gasteiger partial charge in [-0.15, -0.1) is 0 Å². The van der Waals surface area contributed by atoms with E-state index in [1.165, 1.54) is 36.4 Å². The first kappa shape index (κ1) is 24.1. The number of hydrogen-bond donors (Lipinski definition) is 3. The molecule has 0 saturated carbocycles. The van der Waals surface area contributed by atoms with E-state index < -0.39 is 27.9 Å². The van der Waals surface area contributed by atoms with Crippen molar-refractivity contribution in [2.45, 2.75) is 23.8 Å². The number of fused-ring (bicyclic) bond motifs is 1. The molecule has 1 unspecified atom stereocenters. The van der Waals surface area contributed by atoms with Crippen LogP contribution in [0, 0.1) is 0 Å². The van der Waals surface area contributed by atoms with E-state index in [1.54, 1.807) is 6.07 Å². The average Bonchev–Trinajstić information content (AvgIpc) is 3.09. The van der Waals surface area contributed by atoms with Gasteiger partial charge >= 0.3 is 0 Å². The van der Waals surface area contributed by atoms with Crippen LogP contribution < -0.4 is 25.2 Å². The van der Waals surface area contributed by atoms with Crippen molar-refractivity contribution in [3.63, 3.8) is 0 Å². The third-order valence-electron chi connectivity index (χ3n) is 5.36. The van der Waals surface area contributed by atoms with Gasteiger partial charge in [0, 0.05) is 30.2 Å². The molecule has 9 nitrogen and oxygen atoms in total. The Morgan fingerprint density at radius 1 is 0.914 bits per heavy atom. The molecule has 0 bridgehead atoms. The van der Waals surface area contributed by atoms with Crippen LogP contribution in [0.25, 0.3) is 0 Å². The summed E-state index contributed by atoms with van der Waals surface area (Å²) >= 11 is 0. The van der Waals surface area contributed by atoms with Crippen molar-refractivity contribution < 1.29 is 27.5 Å². The second-order valence-electron chi connectivity index (χ2n) is 7.96. The third-order valence-corrected chi connectivity index (χ3v) is 6.74. The van der Waals surface area contributed by atoms with Gasteiger partial charge in [-0.2, -0.15) is 0 Å². The summed E-state index contributed by atoms with van der Waals surface area (Å²) in [5.41, 5.74) is 6.84. The molecule has 35 heavy (non-hydrogen) atoms. The van der Waals surface area contributed by atoms with Crippen LogP contribution in [0.1, 0.15) is 22.3 Å². The molecule has 3 aromatic rings. The molecular weight excluding hydrogens is 470 g/mol. The van der Waals surface area contributed by atoms with Crippen LogP contribution >= 0.6 is 0 Å². The molecule has 4 N–H and O–H groups in total. The van der Waals surface area contributed by atoms with Crippen molar-refractivity contribution in [3.05, 3.63) is 83.9 Å². The Bertz CT molecular complexity index is 1310. The highest BCUT2D eigenvalue weighted by Crippen LogP contribution is 2.32. The van der Waals surface area contributed by atoms with Crippen LogP contribution in [0.4, 0.5) is 5.69 Å². The number of sulfonamides is 1. The summed E-state index contributed by atoms with van der Waals surface area (Å²) in [6.45, 7) is 0.944. The number of hydrogen-bond acceptors (Lipinski definition) is 6. The number of ether oxygens (including phenoxy) is 2. The van der Waals surface area contributed by atoms with Crippen molar-refractivity contribution in [2.75, 3.05) is 17.9 Å². The summed E-state index contributed by atoms with van der Waals surface area (Å²) in [7, 11) is -3.90. The second-order valence-corrected chi connectivity index (χ2v) is 9.64. The van der Waals surface area contributed by atoms with E-state index in [9.17, 15) is 18.0 Å². The van der Waals surface area contributed by atoms with Crippen LogP contribution in [0.15, 0.2) is 77.7 Å². The molecular formula is C25H25N3O6S. The summed E-state index contributed by atoms with van der Waals surface area (Å²) in [5.74, 6) is -0.279. The first-order valence-electron chi connectivity index (χ1n) is 11.0. The molecule has 0 aliphatic carbocycles. The minimum Gasteiger partial charge on any atom is -0.490 e. The number of rotatable bonds is 8. The van der Waals surface area contributed by atoms with Gasteiger partial charge in [-0.05, 0) is 42.0 Å². The topological polar surface area (TPSA) is 137 Å². The lowest BCUT2D eigenvalue weighted by molar-refractivity contribution is -0.119. The molecule has 10 heteroatoms. The zero-order chi connectivity index (χ0) is 24.8. The number of anilines is 1. The smallest absolute Gasteiger partial charge is 0.262 e. The summed E-state index contributed by atoms with van der Waals surface area (Å²) in [6, 6.07) is 18.6. The Kier molecular flexibility index (Phi) is 7.21. The second kappa shape index (κ2) is 10.5. The molecule has 182 valence electrons. The quantitative estimate of drug-likeness (QED) is 0.439. The summed E-state index contributed by atoms with van der Waals surface area (Å²) in [5, 5.41) is 2.63. The van der Waals surface area contributed by atoms with Gasteiger partial charge in [0.1, 0.15) is 6.04 Å². The molecule has 0 spiro atoms. The number of primary amides is 1. The number of amides is 2. The molecule has 4 rings (SSSR count). The zero-order valence-electron chi connectivity index (χ0n) is 18.8. The van der Waals surface area contributed by atoms with E-state index in [0.29, 0.717) is 31.1 Å². The summed E-state index contributed by atoms with van der Waals surface area (Å²) < 4.78 is 39.3. The highest BCUT2D eigenvalue weighted by atomic mass is 32.2. The number of nitrogens with two attached hydrogens (primary N) is 1. The molecule has 3 aromatic carbocycles. The lowest BCUT2D eigenvalue weighted by Crippen LogP contribution is -2.45. The van der Waals surface area contributed by atoms with Gasteiger partial charge in [0.2, 0.25) is 5.91 Å². The highest BCUT2D eigenvalue weighted by molar-refractivity contribution is 7.92. The lowest BCUT2D eigenvalue weighted by Gasteiger charge is -2.16. The van der Waals surface area contributed by atoms with Crippen LogP contribution in [-0.4, -0.2) is 39.5 Å². The molecule has 0 aromatic heterocycles. The predicted octanol–water partition coefficient (Wildman–Crippen LogP) is 2.48. The van der Waals surface area contributed by atoms with Crippen LogP contribution in [0.5, 0.6) is 11.5 Å². The third kappa shape index (κ3) is 6.10. The number of benzene rings is 3. The lowest BCUT2D eigenvalue weighted by atomic mass is 10.0. The van der Waals surface area contributed by atoms with Crippen molar-refractivity contribution in [2.24, 2.45) is 5.73 Å². The average molecular weight is 496 g/mol. The van der Waals surface area contributed by atoms with Crippen molar-refractivity contribution in [3.8, 4) is 11.5 Å². The maximum absolute atomic E-state index is 12.8. The molecule has 0 radical (unpaired) electrons. The predicted molar refractivity (Wildman–Crippen MR) is 130 cm³/mol. The molecule has 1 aliphatic rings. The largest absolute Gasteiger partial charge is 0.490 e. The van der Waals surface area contributed by atoms with Gasteiger partial charge in [0.15, 0.2) is 11.5 Å². The van der Waals surface area contributed by atoms with Crippen LogP contribution in [-0.2, 0) is 21.2 Å². The first-order valence-corrected chi connectivity index (χ1v) is 12.5. The van der Waals surface area contributed by atoms with Crippen molar-refractivity contribution >= 4 is 27.5 Å². The van der Waals surface area contributed by atoms with Crippen molar-refractivity contribution in [1.82, 2.24) is 5.32 Å². The van der Waals surface area contributed by atoms with Gasteiger partial charge < -0.3 is 20.5 Å². The summed E-state index contributed by atoms with van der Waals surface area (Å²) in [6.07, 6.45) is 0.969. The number of nitrogens with one attached hydrogen (secondary N) is 2. The Labute approximate surface area is 203 Å². The van der Waals surface area contributed by atoms with Gasteiger partial charge in [0.05, 0.1) is 18.1 Å². The number of carbonyl (C=O) groups excluding carboxylic acids is 2. The normalized spacial score (nSPS) is 13.8. The van der Waals surface area contributed by atoms with E-state index in [4.69, 9.17) is 15.2 Å². The molecule has 1 atom stereocenters. The fourth-order valence-corrected chi connectivity index (χ4v) is 4.60. The fourth-order valence-electron chi connectivity index (χ4n) is 3.53. The zero-order valence-corrected chi connectivity index (χ0v) is 19.6. The maximum atomic E-state index is 12.8. The minimum absolute atomic E-state index is 0.0220. The van der Waals surface area contributed by atoms with E-state index in [-0.39, 0.29) is 22.6 Å². The van der Waals surface area contributed by atoms with Gasteiger partial charge in [-0.3, -0.25) is 14.3 Å². The standard InChI is InChI=1S/C25H25N3O6S/c26-24(29)21(15-17-5-2-1-3-6-17)27-25(30)18-7-9-19(10-8-18)28-35(31,32)20-11-12-22-23(16-20)34-14-4-13-33-22/h1-3,5-12,16,21,28H,4,13-15H2,(H2,26,29)(H,27,30). The Balaban J connectivity index is 1.43. The SMILES string of the molecule is NC(=O)C(Cc1ccccc1)NC(=O)c1ccc(NS(=O)(=O)c2ccc3c(c2)OCCCO3)cc1. The van der Waals surface area contributed by atoms with E-state index >= 15 is 0 Å². The molecule has 1 heterocycles. The van der Waals surface area contributed by atoms with Gasteiger partial charge in [-0.25, -0.2) is 8.42 Å². The van der Waals surface area contributed by atoms with Crippen LogP contribution in [0.3, 0.4) is 0 Å². The molecule has 2 amide bonds. The molecule has 0 saturated heterocycles. The molecule has 1 aliphatic heterocycles. The molecule has 0 fully saturated rings. The highest BCUT2D eigenvalue weighted by Gasteiger charge is 2.21. The van der Waals surface area contributed by atoms with Gasteiger partial charge in [0.25, 0.3) is 15.9 Å². The van der Waals surface area contributed by atoms with E-state index in [0.717, 1.165) is 5.56 Å². The Hall–Kier alpha value is -4.05. The summed E-state index contributed by atoms with van der Waals surface area (Å²) in [4.78, 5) is 24.5. The van der Waals surface area contributed by atoms with Crippen molar-refractivity contribution in [1.29, 1.82) is 0 Å². The maximum Gasteiger partial charge on any atom is 0.262 e. The van der Waals surface area contributed by atoms with E-state index in [1.807, 2.05) is 30.3 Å². The van der Waals surface area contributed by atoms with Gasteiger partial charge in [-0.1, -0.05) is 30.3 Å². The first-order chi connectivity index (χ1) is 16.8. The monoisotopic (exact) mass is 495 g/mol. The fraction of sp³-hybridized carbons (Fsp3) is 0.200. The minimum atomic E-state index is -3.90. The van der Waals surface area contributed by atoms with Crippen LogP contribution in [0.2, 0.25) is 0 Å². The Morgan fingerprint density at radius 2 is 1.60 bits per heavy atom. The number of carbonyl (C=O) groups is 2. The Morgan fingerprint density at radius 3 is 2.29 bits per heavy atom. The van der Waals surface area contributed by atoms with E-state index in [2.05, 4.69) is 10.0 Å².